The third kappa shape index (κ3) is 8.18. The Kier molecular flexibility index (Phi) is 11.6. The summed E-state index contributed by atoms with van der Waals surface area (Å²) in [5.74, 6) is 1.44. The predicted molar refractivity (Wildman–Crippen MR) is 138 cm³/mol. The zero-order chi connectivity index (χ0) is 21.3. The van der Waals surface area contributed by atoms with E-state index < -0.39 is 0 Å². The van der Waals surface area contributed by atoms with Crippen molar-refractivity contribution in [3.05, 3.63) is 21.9 Å². The van der Waals surface area contributed by atoms with Crippen LogP contribution in [0.3, 0.4) is 0 Å². The number of carbonyl (C=O) groups is 1. The molecule has 2 aliphatic heterocycles. The molecule has 0 aliphatic carbocycles. The molecule has 1 saturated heterocycles. The first-order chi connectivity index (χ1) is 14.6. The minimum absolute atomic E-state index is 0. The molecule has 0 radical (unpaired) electrons. The van der Waals surface area contributed by atoms with Gasteiger partial charge in [-0.25, -0.2) is 4.99 Å². The molecule has 0 aromatic carbocycles. The number of nitrogens with zero attached hydrogens (tertiary/aromatic N) is 3. The summed E-state index contributed by atoms with van der Waals surface area (Å²) < 4.78 is 5.52. The topological polar surface area (TPSA) is 69.2 Å². The number of amides is 1. The summed E-state index contributed by atoms with van der Waals surface area (Å²) in [5.41, 5.74) is 1.29. The lowest BCUT2D eigenvalue weighted by atomic mass is 10.0. The van der Waals surface area contributed by atoms with E-state index in [1.165, 1.54) is 10.4 Å². The number of morpholine rings is 1. The SMILES string of the molecule is CCNC(=NCC(=O)N1CCc2sccc2C1)NCC(CC(C)C)N1CCOCC1.I. The number of thiophene rings is 1. The molecule has 1 aromatic rings. The predicted octanol–water partition coefficient (Wildman–Crippen LogP) is 2.55. The molecule has 1 atom stereocenters. The fraction of sp³-hybridized carbons (Fsp3) is 0.727. The van der Waals surface area contributed by atoms with Crippen LogP contribution in [0.1, 0.15) is 37.6 Å². The van der Waals surface area contributed by atoms with Gasteiger partial charge in [0, 0.05) is 50.2 Å². The highest BCUT2D eigenvalue weighted by Gasteiger charge is 2.23. The van der Waals surface area contributed by atoms with Crippen LogP contribution in [-0.4, -0.2) is 80.2 Å². The maximum absolute atomic E-state index is 12.7. The fourth-order valence-electron chi connectivity index (χ4n) is 4.11. The molecule has 1 fully saturated rings. The first-order valence-electron chi connectivity index (χ1n) is 11.2. The van der Waals surface area contributed by atoms with Crippen LogP contribution >= 0.6 is 35.3 Å². The molecule has 3 heterocycles. The lowest BCUT2D eigenvalue weighted by Gasteiger charge is -2.35. The fourth-order valence-corrected chi connectivity index (χ4v) is 5.00. The van der Waals surface area contributed by atoms with Crippen molar-refractivity contribution in [3.8, 4) is 0 Å². The number of guanidine groups is 1. The standard InChI is InChI=1S/C22H37N5O2S.HI/c1-4-23-22(24-14-19(13-17(2)3)26-8-10-29-11-9-26)25-15-21(28)27-7-5-20-18(16-27)6-12-30-20;/h6,12,17,19H,4-5,7-11,13-16H2,1-3H3,(H2,23,24,25);1H. The number of nitrogens with one attached hydrogen (secondary N) is 2. The van der Waals surface area contributed by atoms with Crippen molar-refractivity contribution in [2.24, 2.45) is 10.9 Å². The lowest BCUT2D eigenvalue weighted by molar-refractivity contribution is -0.130. The molecule has 0 saturated carbocycles. The van der Waals surface area contributed by atoms with Crippen molar-refractivity contribution in [3.63, 3.8) is 0 Å². The zero-order valence-corrected chi connectivity index (χ0v) is 22.2. The second-order valence-corrected chi connectivity index (χ2v) is 9.44. The minimum atomic E-state index is 0. The van der Waals surface area contributed by atoms with Gasteiger partial charge in [0.1, 0.15) is 6.54 Å². The quantitative estimate of drug-likeness (QED) is 0.289. The maximum Gasteiger partial charge on any atom is 0.244 e. The summed E-state index contributed by atoms with van der Waals surface area (Å²) in [6.45, 7) is 13.4. The van der Waals surface area contributed by atoms with Gasteiger partial charge in [0.15, 0.2) is 5.96 Å². The van der Waals surface area contributed by atoms with E-state index in [1.54, 1.807) is 11.3 Å². The van der Waals surface area contributed by atoms with E-state index in [-0.39, 0.29) is 36.4 Å². The van der Waals surface area contributed by atoms with Crippen molar-refractivity contribution in [1.29, 1.82) is 0 Å². The molecule has 2 N–H and O–H groups in total. The first kappa shape index (κ1) is 26.3. The Bertz CT molecular complexity index is 706. The second kappa shape index (κ2) is 13.6. The van der Waals surface area contributed by atoms with Crippen LogP contribution in [0.15, 0.2) is 16.4 Å². The van der Waals surface area contributed by atoms with Crippen molar-refractivity contribution in [2.75, 3.05) is 52.5 Å². The van der Waals surface area contributed by atoms with Gasteiger partial charge in [-0.1, -0.05) is 13.8 Å². The summed E-state index contributed by atoms with van der Waals surface area (Å²) in [6.07, 6.45) is 2.08. The summed E-state index contributed by atoms with van der Waals surface area (Å²) in [6, 6.07) is 2.57. The van der Waals surface area contributed by atoms with Crippen LogP contribution in [0.25, 0.3) is 0 Å². The summed E-state index contributed by atoms with van der Waals surface area (Å²) in [7, 11) is 0. The van der Waals surface area contributed by atoms with Crippen molar-refractivity contribution in [1.82, 2.24) is 20.4 Å². The van der Waals surface area contributed by atoms with E-state index in [2.05, 4.69) is 52.7 Å². The lowest BCUT2D eigenvalue weighted by Crippen LogP contribution is -2.51. The average Bonchev–Trinajstić information content (AvgIpc) is 3.22. The Labute approximate surface area is 208 Å². The molecule has 31 heavy (non-hydrogen) atoms. The smallest absolute Gasteiger partial charge is 0.244 e. The monoisotopic (exact) mass is 563 g/mol. The molecule has 1 amide bonds. The van der Waals surface area contributed by atoms with Crippen LogP contribution < -0.4 is 10.6 Å². The molecular formula is C22H38IN5O2S. The third-order valence-electron chi connectivity index (χ3n) is 5.69. The number of fused-ring (bicyclic) bond motifs is 1. The third-order valence-corrected chi connectivity index (χ3v) is 6.71. The number of hydrogen-bond acceptors (Lipinski definition) is 5. The summed E-state index contributed by atoms with van der Waals surface area (Å²) in [4.78, 5) is 23.2. The van der Waals surface area contributed by atoms with Crippen LogP contribution in [0.4, 0.5) is 0 Å². The normalized spacial score (nSPS) is 18.3. The Balaban J connectivity index is 0.00000341. The highest BCUT2D eigenvalue weighted by Crippen LogP contribution is 2.23. The molecule has 2 aliphatic rings. The summed E-state index contributed by atoms with van der Waals surface area (Å²) >= 11 is 1.79. The average molecular weight is 564 g/mol. The van der Waals surface area contributed by atoms with Gasteiger partial charge >= 0.3 is 0 Å². The maximum atomic E-state index is 12.7. The molecule has 1 unspecified atom stereocenters. The number of hydrogen-bond donors (Lipinski definition) is 2. The zero-order valence-electron chi connectivity index (χ0n) is 19.1. The van der Waals surface area contributed by atoms with Gasteiger partial charge in [-0.2, -0.15) is 0 Å². The minimum Gasteiger partial charge on any atom is -0.379 e. The van der Waals surface area contributed by atoms with E-state index in [1.807, 2.05) is 4.90 Å². The summed E-state index contributed by atoms with van der Waals surface area (Å²) in [5, 5.41) is 8.89. The van der Waals surface area contributed by atoms with E-state index in [0.29, 0.717) is 18.5 Å². The Morgan fingerprint density at radius 1 is 1.26 bits per heavy atom. The van der Waals surface area contributed by atoms with Gasteiger partial charge in [0.2, 0.25) is 5.91 Å². The molecule has 9 heteroatoms. The largest absolute Gasteiger partial charge is 0.379 e. The molecule has 176 valence electrons. The molecular weight excluding hydrogens is 525 g/mol. The van der Waals surface area contributed by atoms with E-state index in [9.17, 15) is 4.79 Å². The molecule has 7 nitrogen and oxygen atoms in total. The van der Waals surface area contributed by atoms with E-state index in [4.69, 9.17) is 4.74 Å². The number of ether oxygens (including phenoxy) is 1. The number of halogens is 1. The van der Waals surface area contributed by atoms with E-state index in [0.717, 1.165) is 64.7 Å². The van der Waals surface area contributed by atoms with E-state index >= 15 is 0 Å². The Morgan fingerprint density at radius 2 is 2.03 bits per heavy atom. The van der Waals surface area contributed by atoms with Gasteiger partial charge in [-0.3, -0.25) is 9.69 Å². The van der Waals surface area contributed by atoms with Crippen LogP contribution in [0.5, 0.6) is 0 Å². The van der Waals surface area contributed by atoms with Crippen molar-refractivity contribution in [2.45, 2.75) is 46.2 Å². The van der Waals surface area contributed by atoms with Crippen molar-refractivity contribution >= 4 is 47.2 Å². The molecule has 3 rings (SSSR count). The van der Waals surface area contributed by atoms with Crippen LogP contribution in [0, 0.1) is 5.92 Å². The van der Waals surface area contributed by atoms with Gasteiger partial charge in [-0.15, -0.1) is 35.3 Å². The first-order valence-corrected chi connectivity index (χ1v) is 12.1. The van der Waals surface area contributed by atoms with Gasteiger partial charge in [-0.05, 0) is 42.7 Å². The van der Waals surface area contributed by atoms with Gasteiger partial charge in [0.25, 0.3) is 0 Å². The molecule has 0 bridgehead atoms. The van der Waals surface area contributed by atoms with Crippen molar-refractivity contribution < 1.29 is 9.53 Å². The van der Waals surface area contributed by atoms with Gasteiger partial charge in [0.05, 0.1) is 13.2 Å². The van der Waals surface area contributed by atoms with Crippen LogP contribution in [0.2, 0.25) is 0 Å². The number of carbonyl (C=O) groups excluding carboxylic acids is 1. The number of rotatable bonds is 8. The van der Waals surface area contributed by atoms with Gasteiger partial charge < -0.3 is 20.3 Å². The second-order valence-electron chi connectivity index (χ2n) is 8.44. The Hall–Kier alpha value is -0.910. The molecule has 0 spiro atoms. The van der Waals surface area contributed by atoms with Crippen LogP contribution in [-0.2, 0) is 22.5 Å². The number of aliphatic imine (C=N–C) groups is 1. The Morgan fingerprint density at radius 3 is 2.74 bits per heavy atom. The molecule has 1 aromatic heterocycles. The highest BCUT2D eigenvalue weighted by molar-refractivity contribution is 14.0. The highest BCUT2D eigenvalue weighted by atomic mass is 127.